The Morgan fingerprint density at radius 1 is 1.03 bits per heavy atom. The second-order valence-electron chi connectivity index (χ2n) is 9.56. The average molecular weight is 514 g/mol. The molecule has 0 bridgehead atoms. The zero-order chi connectivity index (χ0) is 25.3. The number of halogens is 1. The van der Waals surface area contributed by atoms with E-state index in [1.807, 2.05) is 44.3 Å². The molecule has 37 heavy (non-hydrogen) atoms. The Morgan fingerprint density at radius 2 is 1.89 bits per heavy atom. The maximum absolute atomic E-state index is 6.41. The van der Waals surface area contributed by atoms with Crippen LogP contribution in [0.4, 0.5) is 5.82 Å². The topological polar surface area (TPSA) is 97.6 Å². The fraction of sp³-hybridized carbons (Fsp3) is 0.250. The summed E-state index contributed by atoms with van der Waals surface area (Å²) in [4.78, 5) is 13.4. The van der Waals surface area contributed by atoms with Crippen LogP contribution < -0.4 is 10.1 Å². The highest BCUT2D eigenvalue weighted by atomic mass is 35.5. The first-order chi connectivity index (χ1) is 18.0. The molecule has 1 fully saturated rings. The number of pyridine rings is 1. The number of aromatic amines is 1. The lowest BCUT2D eigenvalue weighted by Crippen LogP contribution is -2.43. The van der Waals surface area contributed by atoms with Crippen LogP contribution in [0.5, 0.6) is 5.75 Å². The summed E-state index contributed by atoms with van der Waals surface area (Å²) < 4.78 is 16.8. The number of nitrogens with zero attached hydrogens (tertiary/aromatic N) is 3. The molecule has 1 unspecified atom stereocenters. The number of benzene rings is 2. The van der Waals surface area contributed by atoms with E-state index < -0.39 is 0 Å². The minimum absolute atomic E-state index is 0.115. The Balaban J connectivity index is 1.49. The number of ether oxygens (including phenoxy) is 2. The third-order valence-electron chi connectivity index (χ3n) is 7.29. The van der Waals surface area contributed by atoms with E-state index >= 15 is 0 Å². The molecule has 2 N–H and O–H groups in total. The second kappa shape index (κ2) is 8.33. The predicted octanol–water partition coefficient (Wildman–Crippen LogP) is 5.89. The van der Waals surface area contributed by atoms with Gasteiger partial charge in [0.1, 0.15) is 23.5 Å². The largest absolute Gasteiger partial charge is 0.496 e. The number of hydrogen-bond acceptors (Lipinski definition) is 7. The smallest absolute Gasteiger partial charge is 0.141 e. The van der Waals surface area contributed by atoms with Crippen molar-refractivity contribution in [3.05, 3.63) is 70.2 Å². The molecular formula is C28H24ClN5O3. The quantitative estimate of drug-likeness (QED) is 0.311. The number of aliphatic imine (C=N–C) groups is 1. The molecule has 1 atom stereocenters. The van der Waals surface area contributed by atoms with Gasteiger partial charge in [0.2, 0.25) is 0 Å². The third kappa shape index (κ3) is 3.43. The minimum Gasteiger partial charge on any atom is -0.496 e. The fourth-order valence-corrected chi connectivity index (χ4v) is 5.55. The van der Waals surface area contributed by atoms with Crippen molar-refractivity contribution in [1.29, 1.82) is 0 Å². The molecule has 5 heterocycles. The minimum atomic E-state index is -0.115. The summed E-state index contributed by atoms with van der Waals surface area (Å²) in [6, 6.07) is 11.9. The Hall–Kier alpha value is -3.88. The summed E-state index contributed by atoms with van der Waals surface area (Å²) in [5.41, 5.74) is 7.36. The van der Waals surface area contributed by atoms with Crippen molar-refractivity contribution >= 4 is 44.9 Å². The predicted molar refractivity (Wildman–Crippen MR) is 144 cm³/mol. The van der Waals surface area contributed by atoms with Gasteiger partial charge in [0.15, 0.2) is 0 Å². The van der Waals surface area contributed by atoms with Gasteiger partial charge in [-0.3, -0.25) is 9.98 Å². The molecule has 9 heteroatoms. The molecule has 5 aromatic rings. The van der Waals surface area contributed by atoms with Crippen LogP contribution in [-0.4, -0.2) is 47.3 Å². The van der Waals surface area contributed by atoms with E-state index in [0.29, 0.717) is 24.2 Å². The normalized spacial score (nSPS) is 17.4. The van der Waals surface area contributed by atoms with E-state index in [0.717, 1.165) is 72.8 Å². The molecule has 7 rings (SSSR count). The van der Waals surface area contributed by atoms with Gasteiger partial charge in [-0.25, -0.2) is 0 Å². The van der Waals surface area contributed by atoms with Gasteiger partial charge in [0.25, 0.3) is 0 Å². The number of rotatable bonds is 4. The Bertz CT molecular complexity index is 1710. The molecule has 186 valence electrons. The van der Waals surface area contributed by atoms with Crippen molar-refractivity contribution in [3.63, 3.8) is 0 Å². The van der Waals surface area contributed by atoms with Crippen LogP contribution in [0.25, 0.3) is 32.9 Å². The maximum atomic E-state index is 6.41. The molecule has 0 amide bonds. The molecule has 1 saturated heterocycles. The van der Waals surface area contributed by atoms with E-state index in [-0.39, 0.29) is 6.17 Å². The number of anilines is 1. The van der Waals surface area contributed by atoms with Crippen LogP contribution in [0.1, 0.15) is 22.6 Å². The van der Waals surface area contributed by atoms with E-state index in [1.165, 1.54) is 0 Å². The molecule has 8 nitrogen and oxygen atoms in total. The summed E-state index contributed by atoms with van der Waals surface area (Å²) in [5.74, 6) is 2.69. The van der Waals surface area contributed by atoms with Crippen molar-refractivity contribution in [2.45, 2.75) is 20.0 Å². The van der Waals surface area contributed by atoms with Crippen molar-refractivity contribution < 1.29 is 14.0 Å². The molecule has 2 aliphatic heterocycles. The Morgan fingerprint density at radius 3 is 2.62 bits per heavy atom. The van der Waals surface area contributed by atoms with Crippen LogP contribution >= 0.6 is 11.6 Å². The third-order valence-corrected chi connectivity index (χ3v) is 7.52. The summed E-state index contributed by atoms with van der Waals surface area (Å²) >= 11 is 6.41. The van der Waals surface area contributed by atoms with E-state index in [2.05, 4.69) is 32.6 Å². The van der Waals surface area contributed by atoms with E-state index in [9.17, 15) is 0 Å². The number of aromatic nitrogens is 3. The molecule has 0 radical (unpaired) electrons. The van der Waals surface area contributed by atoms with Crippen LogP contribution in [0.2, 0.25) is 5.02 Å². The highest BCUT2D eigenvalue weighted by Crippen LogP contribution is 2.42. The summed E-state index contributed by atoms with van der Waals surface area (Å²) in [6.07, 6.45) is 1.71. The molecule has 0 spiro atoms. The molecular weight excluding hydrogens is 490 g/mol. The van der Waals surface area contributed by atoms with Gasteiger partial charge in [-0.2, -0.15) is 0 Å². The van der Waals surface area contributed by atoms with Gasteiger partial charge >= 0.3 is 0 Å². The van der Waals surface area contributed by atoms with Crippen molar-refractivity contribution in [2.24, 2.45) is 10.9 Å². The molecule has 2 aromatic carbocycles. The summed E-state index contributed by atoms with van der Waals surface area (Å²) in [7, 11) is 1.68. The zero-order valence-corrected chi connectivity index (χ0v) is 21.3. The fourth-order valence-electron chi connectivity index (χ4n) is 5.38. The first-order valence-corrected chi connectivity index (χ1v) is 12.5. The maximum Gasteiger partial charge on any atom is 0.141 e. The Kier molecular flexibility index (Phi) is 5.02. The van der Waals surface area contributed by atoms with Crippen LogP contribution in [-0.2, 0) is 4.74 Å². The summed E-state index contributed by atoms with van der Waals surface area (Å²) in [5, 5.41) is 10.4. The molecule has 3 aromatic heterocycles. The Labute approximate surface area is 217 Å². The monoisotopic (exact) mass is 513 g/mol. The van der Waals surface area contributed by atoms with E-state index in [1.54, 1.807) is 7.11 Å². The second-order valence-corrected chi connectivity index (χ2v) is 9.99. The van der Waals surface area contributed by atoms with Gasteiger partial charge in [0, 0.05) is 44.6 Å². The highest BCUT2D eigenvalue weighted by molar-refractivity contribution is 6.32. The molecule has 0 aliphatic carbocycles. The first-order valence-electron chi connectivity index (χ1n) is 12.2. The molecule has 2 aliphatic rings. The lowest BCUT2D eigenvalue weighted by Gasteiger charge is -2.35. The lowest BCUT2D eigenvalue weighted by molar-refractivity contribution is -0.0393. The van der Waals surface area contributed by atoms with Crippen LogP contribution in [0.15, 0.2) is 52.1 Å². The van der Waals surface area contributed by atoms with Gasteiger partial charge < -0.3 is 24.3 Å². The summed E-state index contributed by atoms with van der Waals surface area (Å²) in [6.45, 7) is 5.20. The average Bonchev–Trinajstić information content (AvgIpc) is 3.39. The van der Waals surface area contributed by atoms with Gasteiger partial charge in [0.05, 0.1) is 48.4 Å². The lowest BCUT2D eigenvalue weighted by atomic mass is 9.93. The number of hydrogen-bond donors (Lipinski definition) is 2. The van der Waals surface area contributed by atoms with Crippen LogP contribution in [0.3, 0.4) is 0 Å². The van der Waals surface area contributed by atoms with Gasteiger partial charge in [-0.05, 0) is 50.2 Å². The zero-order valence-electron chi connectivity index (χ0n) is 20.6. The van der Waals surface area contributed by atoms with E-state index in [4.69, 9.17) is 30.6 Å². The standard InChI is InChI=1S/C28H24ClN5O3/c1-13-24(14(2)37-34-13)20-9-22-19(10-23(20)35-3)25-26(32-27(15-11-36-12-15)33-28(25)31-22)17-6-7-30-21-5-4-16(29)8-18(17)21/h4-10,15,27,31,33H,11-12H2,1-3H3. The number of methoxy groups -OCH3 is 1. The van der Waals surface area contributed by atoms with Crippen molar-refractivity contribution in [2.75, 3.05) is 25.6 Å². The SMILES string of the molecule is COc1cc2c3c([nH]c2cc1-c1c(C)noc1C)NC(C1COC1)N=C3c1ccnc2ccc(Cl)cc12. The number of H-pyrrole nitrogens is 1. The highest BCUT2D eigenvalue weighted by Gasteiger charge is 2.35. The molecule has 0 saturated carbocycles. The number of aryl methyl sites for hydroxylation is 2. The number of fused-ring (bicyclic) bond motifs is 4. The van der Waals surface area contributed by atoms with Gasteiger partial charge in [-0.1, -0.05) is 16.8 Å². The number of nitrogens with one attached hydrogen (secondary N) is 2. The first kappa shape index (κ1) is 22.3. The van der Waals surface area contributed by atoms with Crippen LogP contribution in [0, 0.1) is 19.8 Å². The van der Waals surface area contributed by atoms with Gasteiger partial charge in [-0.15, -0.1) is 0 Å². The van der Waals surface area contributed by atoms with Crippen molar-refractivity contribution in [3.8, 4) is 16.9 Å². The van der Waals surface area contributed by atoms with Crippen molar-refractivity contribution in [1.82, 2.24) is 15.1 Å².